The Kier molecular flexibility index (Phi) is 6.02. The molecule has 49 heavy (non-hydrogen) atoms. The van der Waals surface area contributed by atoms with Crippen molar-refractivity contribution >= 4 is 43.1 Å². The van der Waals surface area contributed by atoms with Crippen LogP contribution in [0.25, 0.3) is 87.6 Å². The van der Waals surface area contributed by atoms with E-state index in [1.165, 1.54) is 98.7 Å². The van der Waals surface area contributed by atoms with Crippen LogP contribution in [0.5, 0.6) is 0 Å². The van der Waals surface area contributed by atoms with Crippen LogP contribution < -0.4 is 0 Å². The van der Waals surface area contributed by atoms with E-state index in [0.29, 0.717) is 0 Å². The summed E-state index contributed by atoms with van der Waals surface area (Å²) < 4.78 is 0. The molecule has 0 aromatic heterocycles. The van der Waals surface area contributed by atoms with Crippen LogP contribution in [0.3, 0.4) is 0 Å². The van der Waals surface area contributed by atoms with Gasteiger partial charge < -0.3 is 0 Å². The Labute approximate surface area is 286 Å². The van der Waals surface area contributed by atoms with E-state index in [9.17, 15) is 0 Å². The third-order valence-electron chi connectivity index (χ3n) is 11.0. The molecule has 0 aliphatic heterocycles. The summed E-state index contributed by atoms with van der Waals surface area (Å²) >= 11 is 0. The van der Waals surface area contributed by atoms with Crippen LogP contribution in [0.4, 0.5) is 0 Å². The van der Waals surface area contributed by atoms with E-state index in [1.807, 2.05) is 0 Å². The molecule has 0 atom stereocenters. The Balaban J connectivity index is 1.17. The van der Waals surface area contributed by atoms with Crippen LogP contribution in [-0.2, 0) is 5.41 Å². The van der Waals surface area contributed by atoms with E-state index in [4.69, 9.17) is 0 Å². The van der Waals surface area contributed by atoms with Crippen LogP contribution in [0.2, 0.25) is 0 Å². The molecule has 0 amide bonds. The second kappa shape index (κ2) is 10.5. The molecule has 1 aliphatic carbocycles. The van der Waals surface area contributed by atoms with Gasteiger partial charge in [0, 0.05) is 5.41 Å². The average Bonchev–Trinajstić information content (AvgIpc) is 3.38. The molecule has 0 saturated carbocycles. The van der Waals surface area contributed by atoms with E-state index in [1.54, 1.807) is 0 Å². The van der Waals surface area contributed by atoms with Crippen LogP contribution in [-0.4, -0.2) is 0 Å². The number of hydrogen-bond acceptors (Lipinski definition) is 0. The van der Waals surface area contributed by atoms with Crippen LogP contribution in [0.1, 0.15) is 25.0 Å². The Hall–Kier alpha value is -5.98. The van der Waals surface area contributed by atoms with Crippen molar-refractivity contribution in [2.45, 2.75) is 19.3 Å². The van der Waals surface area contributed by atoms with Gasteiger partial charge in [-0.05, 0) is 111 Å². The molecule has 0 bridgehead atoms. The molecular weight excluding hydrogens is 589 g/mol. The van der Waals surface area contributed by atoms with Crippen molar-refractivity contribution in [2.75, 3.05) is 0 Å². The first-order valence-electron chi connectivity index (χ1n) is 17.3. The zero-order chi connectivity index (χ0) is 32.7. The van der Waals surface area contributed by atoms with Gasteiger partial charge in [0.2, 0.25) is 0 Å². The molecule has 10 rings (SSSR count). The summed E-state index contributed by atoms with van der Waals surface area (Å²) in [6, 6.07) is 63.1. The number of benzene rings is 9. The summed E-state index contributed by atoms with van der Waals surface area (Å²) in [6.45, 7) is 4.74. The maximum absolute atomic E-state index is 2.41. The monoisotopic (exact) mass is 622 g/mol. The first-order valence-corrected chi connectivity index (χ1v) is 17.3. The van der Waals surface area contributed by atoms with Gasteiger partial charge in [-0.1, -0.05) is 172 Å². The van der Waals surface area contributed by atoms with Crippen LogP contribution in [0.15, 0.2) is 170 Å². The van der Waals surface area contributed by atoms with Gasteiger partial charge in [0.25, 0.3) is 0 Å². The standard InChI is InChI=1S/C49H34/c1-49(2)44-24-12-22-37(48(44)43-29-34-14-3-4-15-35(34)30-45(43)49)32-25-27-33(28-26-32)46-39-18-7-9-20-41(39)47(42-21-10-8-19-40(42)46)38-23-11-16-31-13-5-6-17-36(31)38/h3-30H,1-2H3. The first-order chi connectivity index (χ1) is 24.1. The molecule has 230 valence electrons. The highest BCUT2D eigenvalue weighted by atomic mass is 14.4. The fourth-order valence-corrected chi connectivity index (χ4v) is 8.70. The summed E-state index contributed by atoms with van der Waals surface area (Å²) in [5, 5.41) is 10.3. The van der Waals surface area contributed by atoms with E-state index in [-0.39, 0.29) is 5.41 Å². The fourth-order valence-electron chi connectivity index (χ4n) is 8.70. The zero-order valence-corrected chi connectivity index (χ0v) is 27.7. The van der Waals surface area contributed by atoms with Crippen molar-refractivity contribution < 1.29 is 0 Å². The van der Waals surface area contributed by atoms with Crippen molar-refractivity contribution in [3.8, 4) is 44.5 Å². The molecule has 0 saturated heterocycles. The SMILES string of the molecule is CC1(C)c2cc3ccccc3cc2-c2c(-c3ccc(-c4c5ccccc5c(-c5cccc6ccccc56)c5ccccc45)cc3)cccc21. The third kappa shape index (κ3) is 4.11. The lowest BCUT2D eigenvalue weighted by Gasteiger charge is -2.22. The Bertz CT molecular complexity index is 2720. The normalized spacial score (nSPS) is 13.3. The molecule has 1 aliphatic rings. The Morgan fingerprint density at radius 3 is 1.47 bits per heavy atom. The van der Waals surface area contributed by atoms with E-state index >= 15 is 0 Å². The highest BCUT2D eigenvalue weighted by Crippen LogP contribution is 2.53. The van der Waals surface area contributed by atoms with Gasteiger partial charge in [-0.25, -0.2) is 0 Å². The van der Waals surface area contributed by atoms with E-state index in [0.717, 1.165) is 0 Å². The minimum Gasteiger partial charge on any atom is -0.0616 e. The summed E-state index contributed by atoms with van der Waals surface area (Å²) in [6.07, 6.45) is 0. The molecule has 0 heteroatoms. The lowest BCUT2D eigenvalue weighted by atomic mass is 9.81. The predicted octanol–water partition coefficient (Wildman–Crippen LogP) is 13.6. The average molecular weight is 623 g/mol. The van der Waals surface area contributed by atoms with Gasteiger partial charge >= 0.3 is 0 Å². The Morgan fingerprint density at radius 2 is 0.796 bits per heavy atom. The van der Waals surface area contributed by atoms with Gasteiger partial charge in [0.1, 0.15) is 0 Å². The lowest BCUT2D eigenvalue weighted by Crippen LogP contribution is -2.14. The maximum Gasteiger partial charge on any atom is 0.0159 e. The van der Waals surface area contributed by atoms with Crippen molar-refractivity contribution in [1.29, 1.82) is 0 Å². The van der Waals surface area contributed by atoms with Gasteiger partial charge in [-0.2, -0.15) is 0 Å². The molecule has 0 unspecified atom stereocenters. The summed E-state index contributed by atoms with van der Waals surface area (Å²) in [5.41, 5.74) is 13.1. The molecule has 0 heterocycles. The summed E-state index contributed by atoms with van der Waals surface area (Å²) in [5.74, 6) is 0. The topological polar surface area (TPSA) is 0 Å². The molecule has 9 aromatic carbocycles. The minimum absolute atomic E-state index is 0.0612. The molecule has 9 aromatic rings. The largest absolute Gasteiger partial charge is 0.0616 e. The third-order valence-corrected chi connectivity index (χ3v) is 11.0. The van der Waals surface area contributed by atoms with E-state index < -0.39 is 0 Å². The van der Waals surface area contributed by atoms with Gasteiger partial charge in [-0.15, -0.1) is 0 Å². The van der Waals surface area contributed by atoms with Crippen LogP contribution in [0, 0.1) is 0 Å². The Morgan fingerprint density at radius 1 is 0.306 bits per heavy atom. The van der Waals surface area contributed by atoms with Gasteiger partial charge in [-0.3, -0.25) is 0 Å². The van der Waals surface area contributed by atoms with E-state index in [2.05, 4.69) is 184 Å². The molecule has 0 nitrogen and oxygen atoms in total. The van der Waals surface area contributed by atoms with Gasteiger partial charge in [0.05, 0.1) is 0 Å². The van der Waals surface area contributed by atoms with Crippen LogP contribution >= 0.6 is 0 Å². The second-order valence-electron chi connectivity index (χ2n) is 14.0. The molecule has 0 radical (unpaired) electrons. The molecule has 0 spiro atoms. The van der Waals surface area contributed by atoms with Crippen molar-refractivity contribution in [2.24, 2.45) is 0 Å². The predicted molar refractivity (Wildman–Crippen MR) is 210 cm³/mol. The zero-order valence-electron chi connectivity index (χ0n) is 27.7. The number of fused-ring (bicyclic) bond motifs is 7. The highest BCUT2D eigenvalue weighted by molar-refractivity contribution is 6.23. The number of hydrogen-bond donors (Lipinski definition) is 0. The quantitative estimate of drug-likeness (QED) is 0.172. The fraction of sp³-hybridized carbons (Fsp3) is 0.0612. The molecule has 0 N–H and O–H groups in total. The lowest BCUT2D eigenvalue weighted by molar-refractivity contribution is 0.661. The summed E-state index contributed by atoms with van der Waals surface area (Å²) in [4.78, 5) is 0. The second-order valence-corrected chi connectivity index (χ2v) is 14.0. The molecular formula is C49H34. The molecule has 0 fully saturated rings. The van der Waals surface area contributed by atoms with Crippen molar-refractivity contribution in [1.82, 2.24) is 0 Å². The first kappa shape index (κ1) is 28.1. The maximum atomic E-state index is 2.41. The summed E-state index contributed by atoms with van der Waals surface area (Å²) in [7, 11) is 0. The highest BCUT2D eigenvalue weighted by Gasteiger charge is 2.37. The van der Waals surface area contributed by atoms with Crippen molar-refractivity contribution in [3.05, 3.63) is 181 Å². The van der Waals surface area contributed by atoms with Gasteiger partial charge in [0.15, 0.2) is 0 Å². The number of rotatable bonds is 3. The smallest absolute Gasteiger partial charge is 0.0159 e. The minimum atomic E-state index is -0.0612. The van der Waals surface area contributed by atoms with Crippen molar-refractivity contribution in [3.63, 3.8) is 0 Å².